The molecular formula is C25H22F3NO3. The van der Waals surface area contributed by atoms with E-state index in [0.717, 1.165) is 35.4 Å². The first-order valence-corrected chi connectivity index (χ1v) is 9.99. The van der Waals surface area contributed by atoms with Crippen LogP contribution in [0.25, 0.3) is 0 Å². The SMILES string of the molecule is C[C@@H](OC(=O)c1ccc(C(F)(F)F)cc1)C(=O)N(Cc1ccccc1)Cc1ccccc1. The molecule has 0 radical (unpaired) electrons. The van der Waals surface area contributed by atoms with Crippen LogP contribution in [0.15, 0.2) is 84.9 Å². The Bertz CT molecular complexity index is 994. The molecule has 7 heteroatoms. The van der Waals surface area contributed by atoms with Gasteiger partial charge >= 0.3 is 12.1 Å². The number of rotatable bonds is 7. The highest BCUT2D eigenvalue weighted by molar-refractivity contribution is 5.92. The van der Waals surface area contributed by atoms with Gasteiger partial charge in [0, 0.05) is 13.1 Å². The number of halogens is 3. The van der Waals surface area contributed by atoms with Crippen molar-refractivity contribution in [1.82, 2.24) is 4.90 Å². The van der Waals surface area contributed by atoms with Crippen molar-refractivity contribution in [3.05, 3.63) is 107 Å². The third-order valence-electron chi connectivity index (χ3n) is 4.82. The van der Waals surface area contributed by atoms with Crippen LogP contribution in [0.5, 0.6) is 0 Å². The molecule has 0 N–H and O–H groups in total. The molecule has 0 aliphatic carbocycles. The zero-order valence-corrected chi connectivity index (χ0v) is 17.4. The van der Waals surface area contributed by atoms with Crippen molar-refractivity contribution >= 4 is 11.9 Å². The van der Waals surface area contributed by atoms with Crippen molar-refractivity contribution in [2.24, 2.45) is 0 Å². The Morgan fingerprint density at radius 3 is 1.72 bits per heavy atom. The molecule has 32 heavy (non-hydrogen) atoms. The quantitative estimate of drug-likeness (QED) is 0.456. The van der Waals surface area contributed by atoms with Gasteiger partial charge < -0.3 is 9.64 Å². The van der Waals surface area contributed by atoms with Crippen molar-refractivity contribution in [3.63, 3.8) is 0 Å². The first-order chi connectivity index (χ1) is 15.2. The van der Waals surface area contributed by atoms with Gasteiger partial charge in [-0.2, -0.15) is 13.2 Å². The number of esters is 1. The van der Waals surface area contributed by atoms with Crippen molar-refractivity contribution in [2.45, 2.75) is 32.3 Å². The van der Waals surface area contributed by atoms with Gasteiger partial charge in [0.25, 0.3) is 5.91 Å². The summed E-state index contributed by atoms with van der Waals surface area (Å²) in [4.78, 5) is 27.1. The molecule has 3 rings (SSSR count). The lowest BCUT2D eigenvalue weighted by Crippen LogP contribution is -2.39. The molecule has 0 saturated heterocycles. The molecule has 3 aromatic rings. The van der Waals surface area contributed by atoms with E-state index in [0.29, 0.717) is 13.1 Å². The van der Waals surface area contributed by atoms with Gasteiger partial charge in [-0.05, 0) is 42.3 Å². The molecule has 166 valence electrons. The van der Waals surface area contributed by atoms with E-state index in [1.165, 1.54) is 6.92 Å². The van der Waals surface area contributed by atoms with Crippen molar-refractivity contribution < 1.29 is 27.5 Å². The van der Waals surface area contributed by atoms with Crippen LogP contribution in [0.1, 0.15) is 34.0 Å². The molecule has 0 aliphatic rings. The van der Waals surface area contributed by atoms with Crippen molar-refractivity contribution in [2.75, 3.05) is 0 Å². The van der Waals surface area contributed by atoms with Crippen LogP contribution in [0, 0.1) is 0 Å². The van der Waals surface area contributed by atoms with Crippen molar-refractivity contribution in [3.8, 4) is 0 Å². The van der Waals surface area contributed by atoms with Crippen LogP contribution < -0.4 is 0 Å². The first-order valence-electron chi connectivity index (χ1n) is 9.99. The molecule has 4 nitrogen and oxygen atoms in total. The Morgan fingerprint density at radius 1 is 0.812 bits per heavy atom. The second-order valence-electron chi connectivity index (χ2n) is 7.29. The normalized spacial score (nSPS) is 12.1. The van der Waals surface area contributed by atoms with Crippen LogP contribution >= 0.6 is 0 Å². The number of carbonyl (C=O) groups excluding carboxylic acids is 2. The first kappa shape index (κ1) is 23.1. The molecule has 3 aromatic carbocycles. The number of alkyl halides is 3. The van der Waals surface area contributed by atoms with Gasteiger partial charge in [0.15, 0.2) is 6.10 Å². The van der Waals surface area contributed by atoms with Gasteiger partial charge in [-0.15, -0.1) is 0 Å². The molecule has 1 atom stereocenters. The number of benzene rings is 3. The Hall–Kier alpha value is -3.61. The molecule has 0 saturated carbocycles. The minimum absolute atomic E-state index is 0.0599. The lowest BCUT2D eigenvalue weighted by atomic mass is 10.1. The molecule has 0 aromatic heterocycles. The summed E-state index contributed by atoms with van der Waals surface area (Å²) in [5.41, 5.74) is 0.904. The maximum atomic E-state index is 13.1. The summed E-state index contributed by atoms with van der Waals surface area (Å²) >= 11 is 0. The highest BCUT2D eigenvalue weighted by Crippen LogP contribution is 2.29. The van der Waals surface area contributed by atoms with Gasteiger partial charge in [-0.3, -0.25) is 4.79 Å². The van der Waals surface area contributed by atoms with E-state index in [4.69, 9.17) is 4.74 Å². The summed E-state index contributed by atoms with van der Waals surface area (Å²) in [6, 6.07) is 22.5. The second-order valence-corrected chi connectivity index (χ2v) is 7.29. The zero-order valence-electron chi connectivity index (χ0n) is 17.4. The number of nitrogens with zero attached hydrogens (tertiary/aromatic N) is 1. The summed E-state index contributed by atoms with van der Waals surface area (Å²) in [7, 11) is 0. The van der Waals surface area contributed by atoms with E-state index in [1.807, 2.05) is 60.7 Å². The largest absolute Gasteiger partial charge is 0.449 e. The standard InChI is InChI=1S/C25H22F3NO3/c1-18(32-24(31)21-12-14-22(15-13-21)25(26,27)28)23(30)29(16-19-8-4-2-5-9-19)17-20-10-6-3-7-11-20/h2-15,18H,16-17H2,1H3/t18-/m1/s1. The van der Waals surface area contributed by atoms with Crippen LogP contribution in [-0.2, 0) is 28.8 Å². The van der Waals surface area contributed by atoms with Gasteiger partial charge in [0.05, 0.1) is 11.1 Å². The fraction of sp³-hybridized carbons (Fsp3) is 0.200. The monoisotopic (exact) mass is 441 g/mol. The maximum Gasteiger partial charge on any atom is 0.416 e. The number of amides is 1. The Balaban J connectivity index is 1.72. The fourth-order valence-corrected chi connectivity index (χ4v) is 3.15. The number of hydrogen-bond acceptors (Lipinski definition) is 3. The number of carbonyl (C=O) groups is 2. The van der Waals surface area contributed by atoms with E-state index in [9.17, 15) is 22.8 Å². The molecule has 0 spiro atoms. The van der Waals surface area contributed by atoms with E-state index < -0.39 is 29.7 Å². The van der Waals surface area contributed by atoms with Gasteiger partial charge in [-0.1, -0.05) is 60.7 Å². The predicted molar refractivity (Wildman–Crippen MR) is 113 cm³/mol. The van der Waals surface area contributed by atoms with Crippen LogP contribution in [0.3, 0.4) is 0 Å². The molecule has 1 amide bonds. The average Bonchev–Trinajstić information content (AvgIpc) is 2.79. The summed E-state index contributed by atoms with van der Waals surface area (Å²) < 4.78 is 43.4. The Morgan fingerprint density at radius 2 is 1.28 bits per heavy atom. The van der Waals surface area contributed by atoms with E-state index in [-0.39, 0.29) is 5.56 Å². The smallest absolute Gasteiger partial charge is 0.416 e. The molecule has 0 aliphatic heterocycles. The number of hydrogen-bond donors (Lipinski definition) is 0. The van der Waals surface area contributed by atoms with Crippen molar-refractivity contribution in [1.29, 1.82) is 0 Å². The summed E-state index contributed by atoms with van der Waals surface area (Å²) in [6.45, 7) is 2.08. The zero-order chi connectivity index (χ0) is 23.1. The van der Waals surface area contributed by atoms with E-state index >= 15 is 0 Å². The Kier molecular flexibility index (Phi) is 7.30. The lowest BCUT2D eigenvalue weighted by molar-refractivity contribution is -0.141. The third-order valence-corrected chi connectivity index (χ3v) is 4.82. The van der Waals surface area contributed by atoms with Gasteiger partial charge in [0.2, 0.25) is 0 Å². The van der Waals surface area contributed by atoms with Gasteiger partial charge in [-0.25, -0.2) is 4.79 Å². The lowest BCUT2D eigenvalue weighted by Gasteiger charge is -2.26. The van der Waals surface area contributed by atoms with Crippen LogP contribution in [0.4, 0.5) is 13.2 Å². The second kappa shape index (κ2) is 10.1. The molecule has 0 fully saturated rings. The number of ether oxygens (including phenoxy) is 1. The molecular weight excluding hydrogens is 419 g/mol. The molecule has 0 heterocycles. The molecule has 0 unspecified atom stereocenters. The topological polar surface area (TPSA) is 46.6 Å². The fourth-order valence-electron chi connectivity index (χ4n) is 3.15. The average molecular weight is 441 g/mol. The summed E-state index contributed by atoms with van der Waals surface area (Å²) in [6.07, 6.45) is -5.61. The summed E-state index contributed by atoms with van der Waals surface area (Å²) in [5.74, 6) is -1.27. The summed E-state index contributed by atoms with van der Waals surface area (Å²) in [5, 5.41) is 0. The minimum Gasteiger partial charge on any atom is -0.449 e. The molecule has 0 bridgehead atoms. The highest BCUT2D eigenvalue weighted by Gasteiger charge is 2.31. The van der Waals surface area contributed by atoms with E-state index in [2.05, 4.69) is 0 Å². The Labute approximate surface area is 184 Å². The van der Waals surface area contributed by atoms with Gasteiger partial charge in [0.1, 0.15) is 0 Å². The maximum absolute atomic E-state index is 13.1. The minimum atomic E-state index is -4.50. The highest BCUT2D eigenvalue weighted by atomic mass is 19.4. The van der Waals surface area contributed by atoms with Crippen LogP contribution in [0.2, 0.25) is 0 Å². The predicted octanol–water partition coefficient (Wildman–Crippen LogP) is 5.48. The third kappa shape index (κ3) is 6.20. The van der Waals surface area contributed by atoms with Crippen LogP contribution in [-0.4, -0.2) is 22.9 Å². The van der Waals surface area contributed by atoms with E-state index in [1.54, 1.807) is 4.90 Å².